The van der Waals surface area contributed by atoms with E-state index in [4.69, 9.17) is 0 Å². The summed E-state index contributed by atoms with van der Waals surface area (Å²) in [5, 5.41) is 3.64. The third kappa shape index (κ3) is 3.38. The lowest BCUT2D eigenvalue weighted by Gasteiger charge is -2.23. The number of carbonyl (C=O) groups is 2. The number of aromatic nitrogens is 1. The molecule has 0 unspecified atom stereocenters. The maximum absolute atomic E-state index is 12.9. The van der Waals surface area contributed by atoms with E-state index in [0.717, 1.165) is 17.4 Å². The first-order valence-electron chi connectivity index (χ1n) is 8.12. The number of benzene rings is 1. The van der Waals surface area contributed by atoms with E-state index in [1.54, 1.807) is 24.2 Å². The Balaban J connectivity index is 1.84. The molecule has 1 N–H and O–H groups in total. The van der Waals surface area contributed by atoms with E-state index in [1.165, 1.54) is 0 Å². The maximum atomic E-state index is 12.9. The number of rotatable bonds is 2. The molecule has 2 heterocycles. The third-order valence-corrected chi connectivity index (χ3v) is 4.48. The first-order valence-corrected chi connectivity index (χ1v) is 8.12. The minimum atomic E-state index is -0.214. The summed E-state index contributed by atoms with van der Waals surface area (Å²) in [6.07, 6.45) is 1.74. The highest BCUT2D eigenvalue weighted by atomic mass is 16.2. The van der Waals surface area contributed by atoms with Crippen molar-refractivity contribution in [1.82, 2.24) is 20.1 Å². The Kier molecular flexibility index (Phi) is 4.76. The van der Waals surface area contributed by atoms with E-state index in [0.29, 0.717) is 25.2 Å². The van der Waals surface area contributed by atoms with Crippen molar-refractivity contribution in [3.05, 3.63) is 42.1 Å². The standard InChI is InChI=1S/C18H22N4O2/c1-19-17(23)15-11-21(2)8-9-22(12-15)18(24)14-5-6-16-13(10-14)4-3-7-20-16/h3-7,10,15H,8-9,11-12H2,1-2H3,(H,19,23)/t15-/m1/s1. The Morgan fingerprint density at radius 3 is 2.83 bits per heavy atom. The molecule has 1 atom stereocenters. The Morgan fingerprint density at radius 1 is 1.21 bits per heavy atom. The van der Waals surface area contributed by atoms with Crippen molar-refractivity contribution < 1.29 is 9.59 Å². The Morgan fingerprint density at radius 2 is 2.04 bits per heavy atom. The Hall–Kier alpha value is -2.47. The monoisotopic (exact) mass is 326 g/mol. The number of nitrogens with one attached hydrogen (secondary N) is 1. The van der Waals surface area contributed by atoms with E-state index in [9.17, 15) is 9.59 Å². The average molecular weight is 326 g/mol. The Bertz CT molecular complexity index is 762. The summed E-state index contributed by atoms with van der Waals surface area (Å²) in [6.45, 7) is 2.47. The van der Waals surface area contributed by atoms with Gasteiger partial charge in [0.15, 0.2) is 0 Å². The van der Waals surface area contributed by atoms with Crippen molar-refractivity contribution >= 4 is 22.7 Å². The van der Waals surface area contributed by atoms with Gasteiger partial charge >= 0.3 is 0 Å². The minimum absolute atomic E-state index is 0.0238. The summed E-state index contributed by atoms with van der Waals surface area (Å²) in [5.74, 6) is -0.275. The molecule has 1 saturated heterocycles. The van der Waals surface area contributed by atoms with Crippen LogP contribution in [0.5, 0.6) is 0 Å². The molecule has 1 aliphatic rings. The molecule has 1 aliphatic heterocycles. The van der Waals surface area contributed by atoms with Crippen LogP contribution in [0, 0.1) is 5.92 Å². The molecule has 6 heteroatoms. The number of hydrogen-bond acceptors (Lipinski definition) is 4. The van der Waals surface area contributed by atoms with Crippen LogP contribution in [-0.4, -0.2) is 66.9 Å². The van der Waals surface area contributed by atoms with Crippen LogP contribution in [-0.2, 0) is 4.79 Å². The number of fused-ring (bicyclic) bond motifs is 1. The molecular formula is C18H22N4O2. The highest BCUT2D eigenvalue weighted by molar-refractivity contribution is 5.98. The zero-order valence-corrected chi connectivity index (χ0v) is 14.0. The van der Waals surface area contributed by atoms with Crippen LogP contribution >= 0.6 is 0 Å². The van der Waals surface area contributed by atoms with Gasteiger partial charge in [0.2, 0.25) is 5.91 Å². The van der Waals surface area contributed by atoms with Gasteiger partial charge in [-0.2, -0.15) is 0 Å². The summed E-state index contributed by atoms with van der Waals surface area (Å²) in [6, 6.07) is 9.35. The topological polar surface area (TPSA) is 65.5 Å². The van der Waals surface area contributed by atoms with E-state index in [2.05, 4.69) is 15.2 Å². The van der Waals surface area contributed by atoms with Gasteiger partial charge in [0.25, 0.3) is 5.91 Å². The normalized spacial score (nSPS) is 19.1. The molecule has 6 nitrogen and oxygen atoms in total. The number of carbonyl (C=O) groups excluding carboxylic acids is 2. The van der Waals surface area contributed by atoms with E-state index in [-0.39, 0.29) is 17.7 Å². The molecule has 0 spiro atoms. The molecular weight excluding hydrogens is 304 g/mol. The first-order chi connectivity index (χ1) is 11.6. The van der Waals surface area contributed by atoms with Crippen LogP contribution in [0.2, 0.25) is 0 Å². The number of likely N-dealkylation sites (N-methyl/N-ethyl adjacent to an activating group) is 1. The van der Waals surface area contributed by atoms with Crippen molar-refractivity contribution in [2.45, 2.75) is 0 Å². The molecule has 3 rings (SSSR count). The maximum Gasteiger partial charge on any atom is 0.253 e. The summed E-state index contributed by atoms with van der Waals surface area (Å²) in [4.78, 5) is 33.1. The van der Waals surface area contributed by atoms with Gasteiger partial charge in [-0.3, -0.25) is 14.6 Å². The summed E-state index contributed by atoms with van der Waals surface area (Å²) in [5.41, 5.74) is 1.50. The summed E-state index contributed by atoms with van der Waals surface area (Å²) >= 11 is 0. The van der Waals surface area contributed by atoms with Crippen LogP contribution < -0.4 is 5.32 Å². The smallest absolute Gasteiger partial charge is 0.253 e. The van der Waals surface area contributed by atoms with E-state index < -0.39 is 0 Å². The fourth-order valence-electron chi connectivity index (χ4n) is 3.12. The van der Waals surface area contributed by atoms with Crippen LogP contribution in [0.1, 0.15) is 10.4 Å². The number of pyridine rings is 1. The molecule has 0 saturated carbocycles. The summed E-state index contributed by atoms with van der Waals surface area (Å²) < 4.78 is 0. The van der Waals surface area contributed by atoms with Gasteiger partial charge < -0.3 is 15.1 Å². The number of nitrogens with zero attached hydrogens (tertiary/aromatic N) is 3. The predicted octanol–water partition coefficient (Wildman–Crippen LogP) is 0.985. The van der Waals surface area contributed by atoms with Crippen LogP contribution in [0.25, 0.3) is 10.9 Å². The molecule has 24 heavy (non-hydrogen) atoms. The van der Waals surface area contributed by atoms with Crippen LogP contribution in [0.4, 0.5) is 0 Å². The lowest BCUT2D eigenvalue weighted by molar-refractivity contribution is -0.125. The predicted molar refractivity (Wildman–Crippen MR) is 92.7 cm³/mol. The molecule has 2 aromatic rings. The highest BCUT2D eigenvalue weighted by Crippen LogP contribution is 2.17. The summed E-state index contributed by atoms with van der Waals surface area (Å²) in [7, 11) is 3.61. The lowest BCUT2D eigenvalue weighted by atomic mass is 10.1. The van der Waals surface area contributed by atoms with E-state index in [1.807, 2.05) is 31.3 Å². The lowest BCUT2D eigenvalue weighted by Crippen LogP contribution is -2.41. The SMILES string of the molecule is CNC(=O)[C@@H]1CN(C)CCN(C(=O)c2ccc3ncccc3c2)C1. The van der Waals surface area contributed by atoms with Gasteiger partial charge in [0.05, 0.1) is 11.4 Å². The second kappa shape index (κ2) is 6.97. The minimum Gasteiger partial charge on any atom is -0.359 e. The molecule has 2 amide bonds. The molecule has 126 valence electrons. The van der Waals surface area contributed by atoms with Crippen LogP contribution in [0.3, 0.4) is 0 Å². The quantitative estimate of drug-likeness (QED) is 0.894. The first kappa shape index (κ1) is 16.4. The fourth-order valence-corrected chi connectivity index (χ4v) is 3.12. The van der Waals surface area contributed by atoms with Crippen molar-refractivity contribution in [1.29, 1.82) is 0 Å². The second-order valence-corrected chi connectivity index (χ2v) is 6.24. The van der Waals surface area contributed by atoms with Gasteiger partial charge in [-0.25, -0.2) is 0 Å². The highest BCUT2D eigenvalue weighted by Gasteiger charge is 2.28. The number of amides is 2. The van der Waals surface area contributed by atoms with Gasteiger partial charge in [0.1, 0.15) is 0 Å². The largest absolute Gasteiger partial charge is 0.359 e. The Labute approximate surface area is 141 Å². The molecule has 0 aliphatic carbocycles. The average Bonchev–Trinajstić information content (AvgIpc) is 2.81. The zero-order valence-electron chi connectivity index (χ0n) is 14.0. The molecule has 1 fully saturated rings. The van der Waals surface area contributed by atoms with Crippen LogP contribution in [0.15, 0.2) is 36.5 Å². The van der Waals surface area contributed by atoms with E-state index >= 15 is 0 Å². The third-order valence-electron chi connectivity index (χ3n) is 4.48. The molecule has 0 radical (unpaired) electrons. The van der Waals surface area contributed by atoms with Crippen molar-refractivity contribution in [2.24, 2.45) is 5.92 Å². The van der Waals surface area contributed by atoms with Crippen molar-refractivity contribution in [3.8, 4) is 0 Å². The van der Waals surface area contributed by atoms with Gasteiger partial charge in [-0.15, -0.1) is 0 Å². The van der Waals surface area contributed by atoms with Crippen molar-refractivity contribution in [2.75, 3.05) is 40.3 Å². The molecule has 0 bridgehead atoms. The van der Waals surface area contributed by atoms with Gasteiger partial charge in [-0.1, -0.05) is 6.07 Å². The molecule has 1 aromatic heterocycles. The fraction of sp³-hybridized carbons (Fsp3) is 0.389. The second-order valence-electron chi connectivity index (χ2n) is 6.24. The van der Waals surface area contributed by atoms with Gasteiger partial charge in [0, 0.05) is 50.4 Å². The zero-order chi connectivity index (χ0) is 17.1. The van der Waals surface area contributed by atoms with Gasteiger partial charge in [-0.05, 0) is 31.3 Å². The molecule has 1 aromatic carbocycles. The number of hydrogen-bond donors (Lipinski definition) is 1. The van der Waals surface area contributed by atoms with Crippen molar-refractivity contribution in [3.63, 3.8) is 0 Å².